The van der Waals surface area contributed by atoms with Crippen LogP contribution < -0.4 is 5.32 Å². The molecule has 6 rings (SSSR count). The molecule has 7 nitrogen and oxygen atoms in total. The van der Waals surface area contributed by atoms with Gasteiger partial charge >= 0.3 is 0 Å². The fourth-order valence-corrected chi connectivity index (χ4v) is 6.68. The fraction of sp³-hybridized carbons (Fsp3) is 0.345. The van der Waals surface area contributed by atoms with E-state index in [-0.39, 0.29) is 47.3 Å². The number of likely N-dealkylation sites (tertiary alicyclic amines) is 1. The number of amides is 2. The molecule has 6 atom stereocenters. The van der Waals surface area contributed by atoms with Crippen LogP contribution in [0.4, 0.5) is 0 Å². The Hall–Kier alpha value is -3.71. The van der Waals surface area contributed by atoms with Gasteiger partial charge in [-0.05, 0) is 60.7 Å². The number of aliphatic hydroxyl groups is 1. The molecule has 0 saturated carbocycles. The summed E-state index contributed by atoms with van der Waals surface area (Å²) in [5, 5.41) is 23.5. The van der Waals surface area contributed by atoms with Crippen molar-refractivity contribution in [3.63, 3.8) is 0 Å². The van der Waals surface area contributed by atoms with E-state index in [1.54, 1.807) is 18.3 Å². The van der Waals surface area contributed by atoms with Crippen LogP contribution in [-0.2, 0) is 11.2 Å². The molecule has 2 aromatic rings. The number of hydrogen-bond acceptors (Lipinski definition) is 5. The van der Waals surface area contributed by atoms with Gasteiger partial charge in [0.15, 0.2) is 0 Å². The number of phenolic OH excluding ortho intramolecular Hbond substituents is 1. The molecule has 4 aliphatic rings. The Morgan fingerprint density at radius 1 is 1.17 bits per heavy atom. The van der Waals surface area contributed by atoms with Crippen LogP contribution >= 0.6 is 0 Å². The number of rotatable bonds is 4. The largest absolute Gasteiger partial charge is 0.508 e. The van der Waals surface area contributed by atoms with E-state index in [4.69, 9.17) is 0 Å². The monoisotopic (exact) mass is 483 g/mol. The van der Waals surface area contributed by atoms with E-state index in [2.05, 4.69) is 22.5 Å². The summed E-state index contributed by atoms with van der Waals surface area (Å²) in [5.41, 5.74) is 3.91. The molecule has 0 bridgehead atoms. The van der Waals surface area contributed by atoms with E-state index in [1.165, 1.54) is 17.7 Å². The number of carbonyl (C=O) groups is 2. The van der Waals surface area contributed by atoms with Crippen molar-refractivity contribution in [2.45, 2.75) is 31.5 Å². The quantitative estimate of drug-likeness (QED) is 0.581. The lowest BCUT2D eigenvalue weighted by Crippen LogP contribution is -2.47. The molecular formula is C29H29N3O4. The molecule has 2 aliphatic carbocycles. The highest BCUT2D eigenvalue weighted by Gasteiger charge is 2.57. The Bertz CT molecular complexity index is 1270. The van der Waals surface area contributed by atoms with E-state index in [0.717, 1.165) is 17.6 Å². The molecule has 0 radical (unpaired) electrons. The number of aliphatic hydroxyl groups excluding tert-OH is 1. The number of hydrogen-bond donors (Lipinski definition) is 3. The van der Waals surface area contributed by atoms with Crippen molar-refractivity contribution in [1.29, 1.82) is 0 Å². The van der Waals surface area contributed by atoms with Crippen molar-refractivity contribution in [3.05, 3.63) is 95.4 Å². The molecule has 3 heterocycles. The summed E-state index contributed by atoms with van der Waals surface area (Å²) in [6, 6.07) is 10.1. The maximum atomic E-state index is 13.9. The van der Waals surface area contributed by atoms with Crippen LogP contribution in [0.3, 0.4) is 0 Å². The third-order valence-electron chi connectivity index (χ3n) is 8.23. The van der Waals surface area contributed by atoms with E-state index >= 15 is 0 Å². The second-order valence-electron chi connectivity index (χ2n) is 10.2. The number of benzene rings is 1. The minimum atomic E-state index is -0.934. The molecule has 2 amide bonds. The Morgan fingerprint density at radius 2 is 2.00 bits per heavy atom. The lowest BCUT2D eigenvalue weighted by Gasteiger charge is -2.40. The number of phenols is 1. The Labute approximate surface area is 209 Å². The van der Waals surface area contributed by atoms with Crippen LogP contribution in [0.2, 0.25) is 0 Å². The van der Waals surface area contributed by atoms with Gasteiger partial charge < -0.3 is 20.4 Å². The van der Waals surface area contributed by atoms with Gasteiger partial charge in [-0.3, -0.25) is 14.6 Å². The molecule has 3 N–H and O–H groups in total. The number of aromatic hydroxyl groups is 1. The highest BCUT2D eigenvalue weighted by Crippen LogP contribution is 2.52. The standard InChI is InChI=1S/C29H29N3O4/c33-21-10-8-19(9-11-21)29(36)32-16-23-20(13-17-5-4-12-30-15-17)14-22-25(28(35)31-27(22)34)24(23)26(32)18-6-2-1-3-7-18/h1-6,8-12,15,18,22,24-26,28,33,35H,7,13-14,16H2,(H,31,34). The van der Waals surface area contributed by atoms with Crippen molar-refractivity contribution in [2.75, 3.05) is 6.54 Å². The van der Waals surface area contributed by atoms with Gasteiger partial charge in [-0.15, -0.1) is 0 Å². The summed E-state index contributed by atoms with van der Waals surface area (Å²) < 4.78 is 0. The van der Waals surface area contributed by atoms with Crippen molar-refractivity contribution in [2.24, 2.45) is 23.7 Å². The average molecular weight is 484 g/mol. The summed E-state index contributed by atoms with van der Waals surface area (Å²) in [7, 11) is 0. The van der Waals surface area contributed by atoms with E-state index < -0.39 is 6.23 Å². The summed E-state index contributed by atoms with van der Waals surface area (Å²) in [6.45, 7) is 0.461. The normalized spacial score (nSPS) is 30.8. The van der Waals surface area contributed by atoms with Crippen LogP contribution in [0, 0.1) is 23.7 Å². The molecule has 2 aliphatic heterocycles. The molecule has 1 aromatic heterocycles. The zero-order valence-electron chi connectivity index (χ0n) is 19.8. The number of carbonyl (C=O) groups excluding carboxylic acids is 2. The van der Waals surface area contributed by atoms with Crippen molar-refractivity contribution < 1.29 is 19.8 Å². The average Bonchev–Trinajstić information content (AvgIpc) is 3.42. The number of pyridine rings is 1. The predicted molar refractivity (Wildman–Crippen MR) is 134 cm³/mol. The topological polar surface area (TPSA) is 103 Å². The second kappa shape index (κ2) is 9.06. The molecule has 2 fully saturated rings. The SMILES string of the molecule is O=C1NC(O)C2C1CC(Cc1cccnc1)=C1CN(C(=O)c3ccc(O)cc3)C(C3C=CC=CC3)C12. The van der Waals surface area contributed by atoms with Gasteiger partial charge in [0.05, 0.1) is 0 Å². The van der Waals surface area contributed by atoms with Crippen LogP contribution in [0.25, 0.3) is 0 Å². The molecule has 7 heteroatoms. The van der Waals surface area contributed by atoms with Gasteiger partial charge in [0.2, 0.25) is 5.91 Å². The summed E-state index contributed by atoms with van der Waals surface area (Å²) >= 11 is 0. The first-order chi connectivity index (χ1) is 17.5. The second-order valence-corrected chi connectivity index (χ2v) is 10.2. The molecule has 0 spiro atoms. The summed E-state index contributed by atoms with van der Waals surface area (Å²) in [6.07, 6.45) is 13.0. The Kier molecular flexibility index (Phi) is 5.72. The molecule has 36 heavy (non-hydrogen) atoms. The van der Waals surface area contributed by atoms with E-state index in [0.29, 0.717) is 24.9 Å². The third kappa shape index (κ3) is 3.84. The lowest BCUT2D eigenvalue weighted by atomic mass is 9.65. The highest BCUT2D eigenvalue weighted by molar-refractivity contribution is 5.95. The smallest absolute Gasteiger partial charge is 0.254 e. The zero-order valence-corrected chi connectivity index (χ0v) is 19.8. The van der Waals surface area contributed by atoms with Gasteiger partial charge in [-0.25, -0.2) is 0 Å². The number of fused-ring (bicyclic) bond motifs is 3. The van der Waals surface area contributed by atoms with Crippen LogP contribution in [-0.4, -0.2) is 50.7 Å². The number of nitrogens with zero attached hydrogens (tertiary/aromatic N) is 2. The first-order valence-corrected chi connectivity index (χ1v) is 12.5. The molecule has 2 saturated heterocycles. The zero-order chi connectivity index (χ0) is 24.8. The van der Waals surface area contributed by atoms with E-state index in [9.17, 15) is 19.8 Å². The maximum absolute atomic E-state index is 13.9. The lowest BCUT2D eigenvalue weighted by molar-refractivity contribution is -0.123. The fourth-order valence-electron chi connectivity index (χ4n) is 6.68. The highest BCUT2D eigenvalue weighted by atomic mass is 16.3. The first-order valence-electron chi connectivity index (χ1n) is 12.5. The molecule has 1 aromatic carbocycles. The van der Waals surface area contributed by atoms with E-state index in [1.807, 2.05) is 35.4 Å². The number of allylic oxidation sites excluding steroid dienone is 4. The van der Waals surface area contributed by atoms with Gasteiger partial charge in [0.1, 0.15) is 12.0 Å². The molecular weight excluding hydrogens is 454 g/mol. The third-order valence-corrected chi connectivity index (χ3v) is 8.23. The van der Waals surface area contributed by atoms with Gasteiger partial charge in [-0.1, -0.05) is 35.9 Å². The summed E-state index contributed by atoms with van der Waals surface area (Å²) in [5.74, 6) is -0.778. The summed E-state index contributed by atoms with van der Waals surface area (Å²) in [4.78, 5) is 33.0. The van der Waals surface area contributed by atoms with Gasteiger partial charge in [-0.2, -0.15) is 0 Å². The predicted octanol–water partition coefficient (Wildman–Crippen LogP) is 2.98. The Morgan fingerprint density at radius 3 is 2.72 bits per heavy atom. The molecule has 184 valence electrons. The van der Waals surface area contributed by atoms with Crippen molar-refractivity contribution >= 4 is 11.8 Å². The minimum Gasteiger partial charge on any atom is -0.508 e. The maximum Gasteiger partial charge on any atom is 0.254 e. The van der Waals surface area contributed by atoms with Crippen molar-refractivity contribution in [1.82, 2.24) is 15.2 Å². The van der Waals surface area contributed by atoms with Crippen LogP contribution in [0.15, 0.2) is 84.2 Å². The number of nitrogens with one attached hydrogen (secondary N) is 1. The minimum absolute atomic E-state index is 0.0693. The first kappa shape index (κ1) is 22.7. The van der Waals surface area contributed by atoms with Crippen LogP contribution in [0.1, 0.15) is 28.8 Å². The Balaban J connectivity index is 1.46. The van der Waals surface area contributed by atoms with Gasteiger partial charge in [0, 0.05) is 54.2 Å². The van der Waals surface area contributed by atoms with Gasteiger partial charge in [0.25, 0.3) is 5.91 Å². The molecule has 6 unspecified atom stereocenters. The number of aromatic nitrogens is 1. The van der Waals surface area contributed by atoms with Crippen LogP contribution in [0.5, 0.6) is 5.75 Å². The van der Waals surface area contributed by atoms with Crippen molar-refractivity contribution in [3.8, 4) is 5.75 Å².